The minimum absolute atomic E-state index is 0.0246. The number of rotatable bonds is 13. The van der Waals surface area contributed by atoms with E-state index in [-0.39, 0.29) is 18.0 Å². The summed E-state index contributed by atoms with van der Waals surface area (Å²) in [5.41, 5.74) is 2.14. The number of urea groups is 1. The Labute approximate surface area is 234 Å². The Hall–Kier alpha value is -1.86. The first kappa shape index (κ1) is 30.7. The number of unbranched alkanes of at least 4 members (excludes halogenated alkanes) is 1. The van der Waals surface area contributed by atoms with Gasteiger partial charge in [0, 0.05) is 50.3 Å². The van der Waals surface area contributed by atoms with Crippen molar-refractivity contribution in [2.75, 3.05) is 40.4 Å². The fourth-order valence-corrected chi connectivity index (χ4v) is 6.14. The number of amides is 2. The lowest BCUT2D eigenvalue weighted by molar-refractivity contribution is -0.0173. The number of benzene rings is 1. The third kappa shape index (κ3) is 8.32. The second-order valence-corrected chi connectivity index (χ2v) is 11.7. The van der Waals surface area contributed by atoms with E-state index >= 15 is 0 Å². The van der Waals surface area contributed by atoms with Crippen LogP contribution in [-0.2, 0) is 4.74 Å². The Balaban J connectivity index is 1.84. The van der Waals surface area contributed by atoms with Crippen molar-refractivity contribution in [1.29, 1.82) is 0 Å². The monoisotopic (exact) mass is 545 g/mol. The Kier molecular flexibility index (Phi) is 12.2. The number of nitrogens with one attached hydrogen (secondary N) is 2. The molecule has 212 valence electrons. The smallest absolute Gasteiger partial charge is 0.317 e. The fourth-order valence-electron chi connectivity index (χ4n) is 6.01. The van der Waals surface area contributed by atoms with Crippen LogP contribution in [-0.4, -0.2) is 68.1 Å². The Morgan fingerprint density at radius 2 is 1.95 bits per heavy atom. The van der Waals surface area contributed by atoms with Gasteiger partial charge in [0.1, 0.15) is 0 Å². The number of carbonyl (C=O) groups excluding carboxylic acids is 1. The molecule has 6 nitrogen and oxygen atoms in total. The van der Waals surface area contributed by atoms with Crippen LogP contribution in [0.2, 0.25) is 5.02 Å². The molecule has 3 N–H and O–H groups in total. The number of allylic oxidation sites excluding steroid dienone is 2. The molecule has 0 radical (unpaired) electrons. The zero-order valence-corrected chi connectivity index (χ0v) is 24.5. The van der Waals surface area contributed by atoms with Crippen LogP contribution in [0.5, 0.6) is 0 Å². The second-order valence-electron chi connectivity index (χ2n) is 11.3. The highest BCUT2D eigenvalue weighted by Gasteiger charge is 2.44. The molecule has 0 unspecified atom stereocenters. The summed E-state index contributed by atoms with van der Waals surface area (Å²) in [6, 6.07) is 7.95. The molecule has 0 saturated carbocycles. The number of piperidine rings is 1. The zero-order valence-electron chi connectivity index (χ0n) is 23.8. The number of hydrogen-bond acceptors (Lipinski definition) is 4. The Morgan fingerprint density at radius 1 is 1.21 bits per heavy atom. The third-order valence-corrected chi connectivity index (χ3v) is 8.10. The van der Waals surface area contributed by atoms with Crippen LogP contribution in [0.15, 0.2) is 42.0 Å². The van der Waals surface area contributed by atoms with E-state index in [1.54, 1.807) is 7.11 Å². The molecular formula is C31H48ClN3O3. The van der Waals surface area contributed by atoms with Crippen molar-refractivity contribution in [2.24, 2.45) is 11.8 Å². The first-order valence-electron chi connectivity index (χ1n) is 14.4. The van der Waals surface area contributed by atoms with Crippen LogP contribution in [0.25, 0.3) is 5.57 Å². The first-order chi connectivity index (χ1) is 18.3. The van der Waals surface area contributed by atoms with Crippen molar-refractivity contribution in [2.45, 2.75) is 76.9 Å². The van der Waals surface area contributed by atoms with Crippen molar-refractivity contribution >= 4 is 23.2 Å². The molecule has 38 heavy (non-hydrogen) atoms. The number of aliphatic hydroxyl groups is 1. The second kappa shape index (κ2) is 15.1. The predicted octanol–water partition coefficient (Wildman–Crippen LogP) is 6.05. The lowest BCUT2D eigenvalue weighted by Crippen LogP contribution is -2.55. The molecule has 3 atom stereocenters. The van der Waals surface area contributed by atoms with Crippen molar-refractivity contribution in [3.63, 3.8) is 0 Å². The topological polar surface area (TPSA) is 73.8 Å². The number of likely N-dealkylation sites (N-methyl/N-ethyl adjacent to an activating group) is 1. The molecule has 0 spiro atoms. The van der Waals surface area contributed by atoms with Gasteiger partial charge in [-0.2, -0.15) is 0 Å². The normalized spacial score (nSPS) is 20.5. The summed E-state index contributed by atoms with van der Waals surface area (Å²) >= 11 is 6.18. The summed E-state index contributed by atoms with van der Waals surface area (Å²) in [6.07, 6.45) is 11.4. The van der Waals surface area contributed by atoms with Gasteiger partial charge in [0.2, 0.25) is 0 Å². The van der Waals surface area contributed by atoms with E-state index in [1.165, 1.54) is 0 Å². The van der Waals surface area contributed by atoms with Gasteiger partial charge in [-0.25, -0.2) is 4.79 Å². The number of halogens is 1. The van der Waals surface area contributed by atoms with E-state index in [2.05, 4.69) is 36.6 Å². The van der Waals surface area contributed by atoms with Crippen LogP contribution in [0.4, 0.5) is 4.79 Å². The highest BCUT2D eigenvalue weighted by molar-refractivity contribution is 6.30. The van der Waals surface area contributed by atoms with E-state index < -0.39 is 5.60 Å². The van der Waals surface area contributed by atoms with Crippen molar-refractivity contribution in [1.82, 2.24) is 15.5 Å². The number of carbonyl (C=O) groups is 1. The van der Waals surface area contributed by atoms with Gasteiger partial charge in [-0.3, -0.25) is 0 Å². The Morgan fingerprint density at radius 3 is 2.63 bits per heavy atom. The van der Waals surface area contributed by atoms with Gasteiger partial charge in [0.15, 0.2) is 0 Å². The minimum atomic E-state index is -1.03. The largest absolute Gasteiger partial charge is 0.385 e. The van der Waals surface area contributed by atoms with E-state index in [9.17, 15) is 9.90 Å². The molecule has 1 fully saturated rings. The van der Waals surface area contributed by atoms with Crippen LogP contribution in [0.1, 0.15) is 70.8 Å². The number of likely N-dealkylation sites (tertiary alicyclic amines) is 1. The quantitative estimate of drug-likeness (QED) is 0.264. The third-order valence-electron chi connectivity index (χ3n) is 7.85. The lowest BCUT2D eigenvalue weighted by Gasteiger charge is -2.45. The molecule has 1 saturated heterocycles. The zero-order chi connectivity index (χ0) is 27.5. The molecule has 0 bridgehead atoms. The van der Waals surface area contributed by atoms with Crippen LogP contribution >= 0.6 is 11.6 Å². The molecular weight excluding hydrogens is 498 g/mol. The van der Waals surface area contributed by atoms with Crippen molar-refractivity contribution in [3.05, 3.63) is 52.6 Å². The molecule has 1 aliphatic heterocycles. The molecule has 1 aromatic carbocycles. The number of ether oxygens (including phenoxy) is 1. The van der Waals surface area contributed by atoms with Gasteiger partial charge in [0.25, 0.3) is 0 Å². The molecule has 3 rings (SSSR count). The summed E-state index contributed by atoms with van der Waals surface area (Å²) in [6.45, 7) is 7.04. The van der Waals surface area contributed by atoms with Crippen LogP contribution in [0.3, 0.4) is 0 Å². The van der Waals surface area contributed by atoms with Gasteiger partial charge in [-0.15, -0.1) is 0 Å². The highest BCUT2D eigenvalue weighted by Crippen LogP contribution is 2.44. The van der Waals surface area contributed by atoms with Gasteiger partial charge in [0.05, 0.1) is 5.60 Å². The average molecular weight is 546 g/mol. The summed E-state index contributed by atoms with van der Waals surface area (Å²) < 4.78 is 5.30. The molecule has 7 heteroatoms. The molecule has 1 aromatic rings. The Bertz CT molecular complexity index is 946. The lowest BCUT2D eigenvalue weighted by atomic mass is 9.69. The summed E-state index contributed by atoms with van der Waals surface area (Å²) in [7, 11) is 3.64. The van der Waals surface area contributed by atoms with Gasteiger partial charge in [-0.05, 0) is 93.2 Å². The standard InChI is InChI=1S/C31H48ClN3O3/c1-23(2)20-27(21-33-3)34-30(36)35-18-9-10-25(22-35)31(37,17-7-8-19-38-4)29-12-6-5-11-28(29)24-13-15-26(32)16-14-24/h11-16,23,25,27,33,37H,5-10,17-22H2,1-4H3,(H,34,36)/t25-,27+,31+/m1/s1. The first-order valence-corrected chi connectivity index (χ1v) is 14.7. The van der Waals surface area contributed by atoms with Crippen LogP contribution in [0, 0.1) is 11.8 Å². The fraction of sp³-hybridized carbons (Fsp3) is 0.645. The number of methoxy groups -OCH3 is 1. The minimum Gasteiger partial charge on any atom is -0.385 e. The summed E-state index contributed by atoms with van der Waals surface area (Å²) in [5, 5.41) is 19.8. The van der Waals surface area contributed by atoms with E-state index in [0.717, 1.165) is 74.7 Å². The molecule has 1 aliphatic carbocycles. The van der Waals surface area contributed by atoms with Crippen LogP contribution < -0.4 is 10.6 Å². The van der Waals surface area contributed by atoms with Gasteiger partial charge >= 0.3 is 6.03 Å². The maximum atomic E-state index is 13.4. The number of hydrogen-bond donors (Lipinski definition) is 3. The van der Waals surface area contributed by atoms with Crippen molar-refractivity contribution < 1.29 is 14.6 Å². The van der Waals surface area contributed by atoms with E-state index in [1.807, 2.05) is 36.2 Å². The summed E-state index contributed by atoms with van der Waals surface area (Å²) in [4.78, 5) is 15.3. The average Bonchev–Trinajstić information content (AvgIpc) is 2.91. The predicted molar refractivity (Wildman–Crippen MR) is 157 cm³/mol. The van der Waals surface area contributed by atoms with Gasteiger partial charge < -0.3 is 25.4 Å². The highest BCUT2D eigenvalue weighted by atomic mass is 35.5. The van der Waals surface area contributed by atoms with E-state index in [0.29, 0.717) is 30.5 Å². The summed E-state index contributed by atoms with van der Waals surface area (Å²) in [5.74, 6) is 0.453. The molecule has 1 heterocycles. The molecule has 0 aromatic heterocycles. The van der Waals surface area contributed by atoms with Crippen molar-refractivity contribution in [3.8, 4) is 0 Å². The number of nitrogens with zero attached hydrogens (tertiary/aromatic N) is 1. The van der Waals surface area contributed by atoms with E-state index in [4.69, 9.17) is 16.3 Å². The maximum Gasteiger partial charge on any atom is 0.317 e. The molecule has 2 amide bonds. The maximum absolute atomic E-state index is 13.4. The SMILES string of the molecule is CNC[C@H](CC(C)C)NC(=O)N1CCC[C@@H]([C@@](O)(CCCCOC)C2=CCCC=C2c2ccc(Cl)cc2)C1. The van der Waals surface area contributed by atoms with Gasteiger partial charge in [-0.1, -0.05) is 49.7 Å². The molecule has 2 aliphatic rings.